The predicted octanol–water partition coefficient (Wildman–Crippen LogP) is 4.22. The highest BCUT2D eigenvalue weighted by molar-refractivity contribution is 5.79. The highest BCUT2D eigenvalue weighted by Gasteiger charge is 2.27. The van der Waals surface area contributed by atoms with Gasteiger partial charge < -0.3 is 19.2 Å². The number of aromatic nitrogens is 5. The van der Waals surface area contributed by atoms with Gasteiger partial charge in [0.1, 0.15) is 0 Å². The van der Waals surface area contributed by atoms with Crippen molar-refractivity contribution in [1.82, 2.24) is 30.1 Å². The predicted molar refractivity (Wildman–Crippen MR) is 153 cm³/mol. The second kappa shape index (κ2) is 12.6. The van der Waals surface area contributed by atoms with E-state index in [0.717, 1.165) is 60.1 Å². The number of pyridine rings is 1. The molecule has 0 amide bonds. The zero-order chi connectivity index (χ0) is 28.1. The monoisotopic (exact) mass is 546 g/mol. The van der Waals surface area contributed by atoms with E-state index in [1.54, 1.807) is 14.2 Å². The van der Waals surface area contributed by atoms with Crippen LogP contribution in [0.5, 0.6) is 11.5 Å². The molecule has 2 aromatic heterocycles. The summed E-state index contributed by atoms with van der Waals surface area (Å²) in [7, 11) is 3.27. The van der Waals surface area contributed by atoms with Gasteiger partial charge in [0.05, 0.1) is 32.9 Å². The number of benzene rings is 2. The molecule has 5 rings (SSSR count). The molecule has 40 heavy (non-hydrogen) atoms. The first kappa shape index (κ1) is 27.8. The first-order valence-electron chi connectivity index (χ1n) is 13.9. The van der Waals surface area contributed by atoms with Crippen LogP contribution < -0.4 is 15.0 Å². The van der Waals surface area contributed by atoms with Crippen molar-refractivity contribution in [3.05, 3.63) is 75.3 Å². The molecule has 3 heterocycles. The van der Waals surface area contributed by atoms with Crippen LogP contribution in [0.15, 0.2) is 47.3 Å². The average Bonchev–Trinajstić information content (AvgIpc) is 3.65. The van der Waals surface area contributed by atoms with E-state index in [2.05, 4.69) is 45.3 Å². The fourth-order valence-corrected chi connectivity index (χ4v) is 5.53. The molecule has 0 radical (unpaired) electrons. The molecule has 0 saturated carbocycles. The maximum absolute atomic E-state index is 13.2. The number of aryl methyl sites for hydroxylation is 1. The summed E-state index contributed by atoms with van der Waals surface area (Å²) in [5.41, 5.74) is 3.72. The van der Waals surface area contributed by atoms with Crippen molar-refractivity contribution in [1.29, 1.82) is 0 Å². The minimum absolute atomic E-state index is 0.0822. The van der Waals surface area contributed by atoms with E-state index in [0.29, 0.717) is 36.7 Å². The summed E-state index contributed by atoms with van der Waals surface area (Å²) >= 11 is 0. The molecule has 0 spiro atoms. The van der Waals surface area contributed by atoms with Crippen LogP contribution in [0.4, 0.5) is 0 Å². The maximum Gasteiger partial charge on any atom is 0.252 e. The third-order valence-corrected chi connectivity index (χ3v) is 7.67. The number of nitrogens with zero attached hydrogens (tertiary/aromatic N) is 5. The first-order chi connectivity index (χ1) is 19.5. The zero-order valence-corrected chi connectivity index (χ0v) is 23.7. The summed E-state index contributed by atoms with van der Waals surface area (Å²) in [5, 5.41) is 13.8. The summed E-state index contributed by atoms with van der Waals surface area (Å²) in [6.07, 6.45) is 3.70. The number of fused-ring (bicyclic) bond motifs is 1. The summed E-state index contributed by atoms with van der Waals surface area (Å²) in [6, 6.07) is 14.0. The summed E-state index contributed by atoms with van der Waals surface area (Å²) in [4.78, 5) is 18.6. The summed E-state index contributed by atoms with van der Waals surface area (Å²) < 4.78 is 18.7. The van der Waals surface area contributed by atoms with Crippen molar-refractivity contribution >= 4 is 10.9 Å². The normalized spacial score (nSPS) is 16.1. The van der Waals surface area contributed by atoms with Gasteiger partial charge in [-0.3, -0.25) is 9.69 Å². The van der Waals surface area contributed by atoms with Gasteiger partial charge in [-0.2, -0.15) is 0 Å². The minimum Gasteiger partial charge on any atom is -0.493 e. The fourth-order valence-electron chi connectivity index (χ4n) is 5.53. The highest BCUT2D eigenvalue weighted by atomic mass is 16.5. The topological polar surface area (TPSA) is 107 Å². The van der Waals surface area contributed by atoms with Crippen LogP contribution in [0.3, 0.4) is 0 Å². The molecular formula is C30H38N6O4. The minimum atomic E-state index is -0.0934. The fraction of sp³-hybridized carbons (Fsp3) is 0.467. The third kappa shape index (κ3) is 6.18. The molecule has 1 fully saturated rings. The van der Waals surface area contributed by atoms with Crippen molar-refractivity contribution in [2.75, 3.05) is 27.4 Å². The lowest BCUT2D eigenvalue weighted by molar-refractivity contribution is 0.0893. The van der Waals surface area contributed by atoms with Crippen LogP contribution in [0.25, 0.3) is 10.9 Å². The van der Waals surface area contributed by atoms with Crippen molar-refractivity contribution < 1.29 is 14.2 Å². The van der Waals surface area contributed by atoms with Gasteiger partial charge in [-0.05, 0) is 84.3 Å². The number of tetrazole rings is 1. The molecule has 0 aliphatic carbocycles. The van der Waals surface area contributed by atoms with Crippen LogP contribution in [-0.2, 0) is 24.2 Å². The van der Waals surface area contributed by atoms with Crippen molar-refractivity contribution in [2.45, 2.75) is 64.8 Å². The maximum atomic E-state index is 13.2. The lowest BCUT2D eigenvalue weighted by Gasteiger charge is -2.30. The molecule has 2 aromatic carbocycles. The Kier molecular flexibility index (Phi) is 8.76. The molecule has 1 aliphatic heterocycles. The Morgan fingerprint density at radius 3 is 2.75 bits per heavy atom. The summed E-state index contributed by atoms with van der Waals surface area (Å²) in [6.45, 7) is 6.73. The Morgan fingerprint density at radius 1 is 1.15 bits per heavy atom. The van der Waals surface area contributed by atoms with Gasteiger partial charge in [-0.1, -0.05) is 24.6 Å². The number of methoxy groups -OCH3 is 2. The van der Waals surface area contributed by atoms with Gasteiger partial charge in [0.2, 0.25) is 0 Å². The summed E-state index contributed by atoms with van der Waals surface area (Å²) in [5.74, 6) is 2.18. The lowest BCUT2D eigenvalue weighted by Crippen LogP contribution is -2.34. The second-order valence-corrected chi connectivity index (χ2v) is 10.4. The van der Waals surface area contributed by atoms with Gasteiger partial charge in [0.25, 0.3) is 5.56 Å². The van der Waals surface area contributed by atoms with E-state index in [1.165, 1.54) is 0 Å². The largest absolute Gasteiger partial charge is 0.493 e. The molecule has 0 bridgehead atoms. The molecule has 1 saturated heterocycles. The van der Waals surface area contributed by atoms with Gasteiger partial charge in [0, 0.05) is 30.8 Å². The van der Waals surface area contributed by atoms with Gasteiger partial charge in [-0.15, -0.1) is 5.10 Å². The van der Waals surface area contributed by atoms with Crippen LogP contribution >= 0.6 is 0 Å². The van der Waals surface area contributed by atoms with Crippen molar-refractivity contribution in [2.24, 2.45) is 0 Å². The smallest absolute Gasteiger partial charge is 0.252 e. The number of nitrogens with one attached hydrogen (secondary N) is 1. The number of aromatic amines is 1. The third-order valence-electron chi connectivity index (χ3n) is 7.67. The standard InChI is InChI=1S/C30H38N6O4/c1-5-26(29-32-33-34-36(29)19-24-7-6-14-40-24)35(13-12-21-9-11-27(38-3)28(16-21)39-4)18-23-17-22-15-20(2)8-10-25(22)31-30(23)37/h8-11,15-17,24,26H,5-7,12-14,18-19H2,1-4H3,(H,31,37)/t24-,26+/m0/s1. The molecule has 10 nitrogen and oxygen atoms in total. The van der Waals surface area contributed by atoms with Crippen LogP contribution in [0.2, 0.25) is 0 Å². The van der Waals surface area contributed by atoms with Crippen LogP contribution in [0, 0.1) is 6.92 Å². The molecule has 1 N–H and O–H groups in total. The van der Waals surface area contributed by atoms with Gasteiger partial charge in [-0.25, -0.2) is 4.68 Å². The number of ether oxygens (including phenoxy) is 3. The van der Waals surface area contributed by atoms with Crippen LogP contribution in [-0.4, -0.2) is 63.6 Å². The number of H-pyrrole nitrogens is 1. The van der Waals surface area contributed by atoms with E-state index in [1.807, 2.05) is 41.1 Å². The Labute approximate surface area is 234 Å². The molecule has 2 atom stereocenters. The highest BCUT2D eigenvalue weighted by Crippen LogP contribution is 2.29. The van der Waals surface area contributed by atoms with Gasteiger partial charge >= 0.3 is 0 Å². The number of hydrogen-bond acceptors (Lipinski definition) is 8. The molecular weight excluding hydrogens is 508 g/mol. The molecule has 0 unspecified atom stereocenters. The molecule has 10 heteroatoms. The van der Waals surface area contributed by atoms with Crippen LogP contribution in [0.1, 0.15) is 54.7 Å². The van der Waals surface area contributed by atoms with E-state index in [9.17, 15) is 4.79 Å². The molecule has 4 aromatic rings. The van der Waals surface area contributed by atoms with E-state index < -0.39 is 0 Å². The van der Waals surface area contributed by atoms with E-state index >= 15 is 0 Å². The molecule has 1 aliphatic rings. The SMILES string of the molecule is CC[C@H](c1nnnn1C[C@@H]1CCCO1)N(CCc1ccc(OC)c(OC)c1)Cc1cc2cc(C)ccc2[nH]c1=O. The number of hydrogen-bond donors (Lipinski definition) is 1. The van der Waals surface area contributed by atoms with Crippen molar-refractivity contribution in [3.63, 3.8) is 0 Å². The Bertz CT molecular complexity index is 1490. The Morgan fingerprint density at radius 2 is 2.00 bits per heavy atom. The second-order valence-electron chi connectivity index (χ2n) is 10.4. The quantitative estimate of drug-likeness (QED) is 0.282. The zero-order valence-electron chi connectivity index (χ0n) is 23.7. The average molecular weight is 547 g/mol. The Balaban J connectivity index is 1.47. The lowest BCUT2D eigenvalue weighted by atomic mass is 10.1. The van der Waals surface area contributed by atoms with E-state index in [4.69, 9.17) is 14.2 Å². The first-order valence-corrected chi connectivity index (χ1v) is 13.9. The number of rotatable bonds is 12. The van der Waals surface area contributed by atoms with Gasteiger partial charge in [0.15, 0.2) is 17.3 Å². The Hall–Kier alpha value is -3.76. The van der Waals surface area contributed by atoms with E-state index in [-0.39, 0.29) is 17.7 Å². The van der Waals surface area contributed by atoms with Crippen molar-refractivity contribution in [3.8, 4) is 11.5 Å². The molecule has 212 valence electrons.